The lowest BCUT2D eigenvalue weighted by Gasteiger charge is -2.48. The second kappa shape index (κ2) is 20.2. The van der Waals surface area contributed by atoms with Crippen molar-refractivity contribution in [1.29, 1.82) is 0 Å². The van der Waals surface area contributed by atoms with E-state index < -0.39 is 115 Å². The summed E-state index contributed by atoms with van der Waals surface area (Å²) in [5.41, 5.74) is -0.811. The number of hydrogen-bond donors (Lipinski definition) is 2. The Bertz CT molecular complexity index is 1450. The molecule has 330 valence electrons. The molecule has 0 amide bonds. The lowest BCUT2D eigenvalue weighted by atomic mass is 9.77. The fourth-order valence-electron chi connectivity index (χ4n) is 8.67. The Labute approximate surface area is 343 Å². The third-order valence-corrected chi connectivity index (χ3v) is 12.6. The van der Waals surface area contributed by atoms with E-state index in [1.54, 1.807) is 13.8 Å². The normalized spacial score (nSPS) is 44.1. The van der Waals surface area contributed by atoms with Crippen LogP contribution in [-0.4, -0.2) is 149 Å². The molecule has 2 N–H and O–H groups in total. The minimum atomic E-state index is -2.06. The van der Waals surface area contributed by atoms with Gasteiger partial charge in [0.05, 0.1) is 43.5 Å². The van der Waals surface area contributed by atoms with Crippen LogP contribution in [-0.2, 0) is 61.7 Å². The van der Waals surface area contributed by atoms with Crippen molar-refractivity contribution in [3.63, 3.8) is 0 Å². The number of methoxy groups -OCH3 is 4. The van der Waals surface area contributed by atoms with Gasteiger partial charge in [-0.2, -0.15) is 0 Å². The zero-order valence-corrected chi connectivity index (χ0v) is 36.0. The molecule has 5 fully saturated rings. The van der Waals surface area contributed by atoms with Crippen LogP contribution in [0, 0.1) is 23.2 Å². The molecule has 58 heavy (non-hydrogen) atoms. The van der Waals surface area contributed by atoms with Crippen LogP contribution < -0.4 is 0 Å². The van der Waals surface area contributed by atoms with Crippen LogP contribution in [0.5, 0.6) is 0 Å². The predicted molar refractivity (Wildman–Crippen MR) is 209 cm³/mol. The zero-order valence-electron chi connectivity index (χ0n) is 36.0. The number of aliphatic hydroxyl groups is 2. The van der Waals surface area contributed by atoms with E-state index in [-0.39, 0.29) is 31.8 Å². The third-order valence-electron chi connectivity index (χ3n) is 12.6. The minimum absolute atomic E-state index is 0.0779. The number of rotatable bonds is 12. The Hall–Kier alpha value is -2.12. The lowest BCUT2D eigenvalue weighted by molar-refractivity contribution is -0.358. The second-order valence-corrected chi connectivity index (χ2v) is 17.3. The molecule has 0 aliphatic carbocycles. The van der Waals surface area contributed by atoms with Crippen LogP contribution in [0.2, 0.25) is 0 Å². The van der Waals surface area contributed by atoms with Crippen LogP contribution in [0.3, 0.4) is 0 Å². The largest absolute Gasteiger partial charge is 0.457 e. The van der Waals surface area contributed by atoms with E-state index in [4.69, 9.17) is 52.1 Å². The molecule has 0 aromatic rings. The Morgan fingerprint density at radius 2 is 1.47 bits per heavy atom. The molecule has 5 rings (SSSR count). The van der Waals surface area contributed by atoms with E-state index in [0.29, 0.717) is 12.3 Å². The van der Waals surface area contributed by atoms with Gasteiger partial charge in [-0.1, -0.05) is 71.9 Å². The van der Waals surface area contributed by atoms with E-state index in [0.717, 1.165) is 0 Å². The number of carbonyl (C=O) groups excluding carboxylic acids is 2. The van der Waals surface area contributed by atoms with E-state index >= 15 is 0 Å². The van der Waals surface area contributed by atoms with Crippen molar-refractivity contribution in [2.75, 3.05) is 35.0 Å². The van der Waals surface area contributed by atoms with Gasteiger partial charge in [-0.15, -0.1) is 0 Å². The fourth-order valence-corrected chi connectivity index (χ4v) is 8.67. The SMILES string of the molecule is COC1COC(OC2CC3CC(=O)C4(O)OC(CC4C)C(C)(C)C(/C=C/C=C/C=C/C(C)C)OC(=O)CC(O3)C2C)C(OC)C1OC1OC(C)C(O)C(OC)C1OC. The molecule has 5 aliphatic rings. The molecule has 0 saturated carbocycles. The first-order chi connectivity index (χ1) is 27.5. The summed E-state index contributed by atoms with van der Waals surface area (Å²) in [6, 6.07) is 0. The maximum atomic E-state index is 14.1. The van der Waals surface area contributed by atoms with Gasteiger partial charge >= 0.3 is 5.97 Å². The molecule has 0 aromatic heterocycles. The van der Waals surface area contributed by atoms with Gasteiger partial charge < -0.3 is 62.3 Å². The minimum Gasteiger partial charge on any atom is -0.457 e. The second-order valence-electron chi connectivity index (χ2n) is 17.3. The highest BCUT2D eigenvalue weighted by Crippen LogP contribution is 2.46. The van der Waals surface area contributed by atoms with Crippen molar-refractivity contribution in [2.45, 2.75) is 166 Å². The van der Waals surface area contributed by atoms with Crippen LogP contribution >= 0.6 is 0 Å². The van der Waals surface area contributed by atoms with Crippen molar-refractivity contribution >= 4 is 11.8 Å². The van der Waals surface area contributed by atoms with Gasteiger partial charge in [-0.25, -0.2) is 0 Å². The smallest absolute Gasteiger partial charge is 0.309 e. The summed E-state index contributed by atoms with van der Waals surface area (Å²) in [7, 11) is 6.02. The number of fused-ring (bicyclic) bond motifs is 4. The molecule has 5 aliphatic heterocycles. The molecule has 15 nitrogen and oxygen atoms in total. The van der Waals surface area contributed by atoms with Crippen LogP contribution in [0.25, 0.3) is 0 Å². The topological polar surface area (TPSA) is 176 Å². The monoisotopic (exact) mass is 824 g/mol. The first-order valence-electron chi connectivity index (χ1n) is 20.7. The number of ether oxygens (including phenoxy) is 11. The van der Waals surface area contributed by atoms with Crippen molar-refractivity contribution in [1.82, 2.24) is 0 Å². The Morgan fingerprint density at radius 3 is 2.12 bits per heavy atom. The predicted octanol–water partition coefficient (Wildman–Crippen LogP) is 3.81. The number of carbonyl (C=O) groups is 2. The number of esters is 1. The average molecular weight is 825 g/mol. The summed E-state index contributed by atoms with van der Waals surface area (Å²) in [5.74, 6) is -3.54. The highest BCUT2D eigenvalue weighted by molar-refractivity contribution is 5.86. The van der Waals surface area contributed by atoms with Gasteiger partial charge in [0, 0.05) is 58.5 Å². The quantitative estimate of drug-likeness (QED) is 0.215. The van der Waals surface area contributed by atoms with Crippen LogP contribution in [0.15, 0.2) is 36.5 Å². The maximum Gasteiger partial charge on any atom is 0.309 e. The van der Waals surface area contributed by atoms with E-state index in [1.165, 1.54) is 28.4 Å². The fraction of sp³-hybridized carbons (Fsp3) is 0.814. The van der Waals surface area contributed by atoms with Crippen molar-refractivity contribution < 1.29 is 71.9 Å². The highest BCUT2D eigenvalue weighted by Gasteiger charge is 2.57. The first kappa shape index (κ1) is 46.9. The standard InChI is InChI=1S/C43H68O15/c1-23(2)16-14-12-13-15-17-32-42(6,7)33-18-24(3)43(47,58-33)31(44)20-27-19-28(25(4)29(54-27)21-34(45)56-32)55-40-38(50-10)36(30(48-8)22-52-40)57-41-39(51-11)37(49-9)35(46)26(5)53-41/h12-17,23-30,32-33,35-41,46-47H,18-22H2,1-11H3/b13-12+,16-14+,17-15+. The van der Waals surface area contributed by atoms with Gasteiger partial charge in [-0.3, -0.25) is 9.59 Å². The van der Waals surface area contributed by atoms with Gasteiger partial charge in [-0.05, 0) is 25.3 Å². The summed E-state index contributed by atoms with van der Waals surface area (Å²) >= 11 is 0. The summed E-state index contributed by atoms with van der Waals surface area (Å²) in [4.78, 5) is 27.9. The molecule has 15 heteroatoms. The van der Waals surface area contributed by atoms with Gasteiger partial charge in [0.15, 0.2) is 18.4 Å². The summed E-state index contributed by atoms with van der Waals surface area (Å²) in [6.45, 7) is 13.5. The number of aliphatic hydroxyl groups excluding tert-OH is 1. The third kappa shape index (κ3) is 10.3. The highest BCUT2D eigenvalue weighted by atomic mass is 16.8. The van der Waals surface area contributed by atoms with Crippen molar-refractivity contribution in [3.8, 4) is 0 Å². The van der Waals surface area contributed by atoms with Crippen LogP contribution in [0.4, 0.5) is 0 Å². The lowest BCUT2D eigenvalue weighted by Crippen LogP contribution is -2.63. The molecule has 0 radical (unpaired) electrons. The number of allylic oxidation sites excluding steroid dienone is 5. The number of cyclic esters (lactones) is 1. The average Bonchev–Trinajstić information content (AvgIpc) is 3.50. The maximum absolute atomic E-state index is 14.1. The molecule has 0 spiro atoms. The van der Waals surface area contributed by atoms with E-state index in [9.17, 15) is 19.8 Å². The molecular weight excluding hydrogens is 756 g/mol. The Morgan fingerprint density at radius 1 is 0.793 bits per heavy atom. The van der Waals surface area contributed by atoms with Crippen molar-refractivity contribution in [3.05, 3.63) is 36.5 Å². The van der Waals surface area contributed by atoms with Gasteiger partial charge in [0.2, 0.25) is 5.79 Å². The van der Waals surface area contributed by atoms with Crippen LogP contribution in [0.1, 0.15) is 74.1 Å². The summed E-state index contributed by atoms with van der Waals surface area (Å²) < 4.78 is 67.6. The number of hydrogen-bond acceptors (Lipinski definition) is 15. The summed E-state index contributed by atoms with van der Waals surface area (Å²) in [6.07, 6.45) is 1.19. The molecular formula is C43H68O15. The number of Topliss-reactive ketones (excluding diaryl/α,β-unsaturated/α-hetero) is 1. The van der Waals surface area contributed by atoms with Gasteiger partial charge in [0.1, 0.15) is 42.7 Å². The molecule has 5 saturated heterocycles. The zero-order chi connectivity index (χ0) is 42.5. The molecule has 0 aromatic carbocycles. The van der Waals surface area contributed by atoms with E-state index in [1.807, 2.05) is 51.2 Å². The Balaban J connectivity index is 1.39. The Kier molecular flexibility index (Phi) is 16.3. The molecule has 17 atom stereocenters. The molecule has 4 bridgehead atoms. The molecule has 5 heterocycles. The van der Waals surface area contributed by atoms with Gasteiger partial charge in [0.25, 0.3) is 0 Å². The van der Waals surface area contributed by atoms with Crippen molar-refractivity contribution in [2.24, 2.45) is 23.2 Å². The summed E-state index contributed by atoms with van der Waals surface area (Å²) in [5, 5.41) is 22.6. The first-order valence-corrected chi connectivity index (χ1v) is 20.7. The molecule has 17 unspecified atom stereocenters. The number of ketones is 1. The van der Waals surface area contributed by atoms with E-state index in [2.05, 4.69) is 19.9 Å².